The molecule has 0 aliphatic carbocycles. The molecule has 0 spiro atoms. The summed E-state index contributed by atoms with van der Waals surface area (Å²) in [4.78, 5) is 12.8. The summed E-state index contributed by atoms with van der Waals surface area (Å²) in [5.41, 5.74) is 1.52. The summed E-state index contributed by atoms with van der Waals surface area (Å²) in [5, 5.41) is 27.3. The molecule has 2 atom stereocenters. The van der Waals surface area contributed by atoms with Crippen LogP contribution in [0.15, 0.2) is 24.3 Å². The molecule has 0 aromatic heterocycles. The smallest absolute Gasteiger partial charge is 0.321 e. The van der Waals surface area contributed by atoms with E-state index in [4.69, 9.17) is 10.4 Å². The average Bonchev–Trinajstić information content (AvgIpc) is 2.71. The first-order chi connectivity index (χ1) is 8.60. The first-order valence-corrected chi connectivity index (χ1v) is 5.74. The van der Waals surface area contributed by atoms with Crippen LogP contribution >= 0.6 is 0 Å². The Hall–Kier alpha value is -1.90. The number of nitrogens with zero attached hydrogens (tertiary/aromatic N) is 2. The molecular formula is C13H14N2O3. The molecular weight excluding hydrogens is 232 g/mol. The summed E-state index contributed by atoms with van der Waals surface area (Å²) in [7, 11) is 0. The van der Waals surface area contributed by atoms with Gasteiger partial charge in [0.25, 0.3) is 0 Å². The molecule has 1 saturated heterocycles. The molecule has 5 nitrogen and oxygen atoms in total. The molecule has 0 bridgehead atoms. The van der Waals surface area contributed by atoms with Crippen LogP contribution in [0.1, 0.15) is 17.5 Å². The Bertz CT molecular complexity index is 478. The molecule has 0 saturated carbocycles. The fourth-order valence-electron chi connectivity index (χ4n) is 2.23. The number of hydrogen-bond acceptors (Lipinski definition) is 4. The highest BCUT2D eigenvalue weighted by molar-refractivity contribution is 5.74. The molecule has 1 aromatic carbocycles. The number of aliphatic hydroxyl groups excluding tert-OH is 1. The number of hydrogen-bond donors (Lipinski definition) is 2. The predicted molar refractivity (Wildman–Crippen MR) is 63.6 cm³/mol. The quantitative estimate of drug-likeness (QED) is 0.814. The lowest BCUT2D eigenvalue weighted by Gasteiger charge is -2.20. The largest absolute Gasteiger partial charge is 0.480 e. The topological polar surface area (TPSA) is 84.6 Å². The Balaban J connectivity index is 2.08. The van der Waals surface area contributed by atoms with Gasteiger partial charge in [0.2, 0.25) is 0 Å². The van der Waals surface area contributed by atoms with Crippen LogP contribution in [0.2, 0.25) is 0 Å². The van der Waals surface area contributed by atoms with Gasteiger partial charge in [0, 0.05) is 19.5 Å². The zero-order valence-electron chi connectivity index (χ0n) is 9.78. The van der Waals surface area contributed by atoms with Crippen LogP contribution in [0.3, 0.4) is 0 Å². The lowest BCUT2D eigenvalue weighted by molar-refractivity contribution is -0.142. The lowest BCUT2D eigenvalue weighted by Crippen LogP contribution is -2.35. The second-order valence-electron chi connectivity index (χ2n) is 4.48. The minimum absolute atomic E-state index is 0.269. The molecule has 1 aliphatic rings. The highest BCUT2D eigenvalue weighted by Gasteiger charge is 2.35. The average molecular weight is 246 g/mol. The minimum Gasteiger partial charge on any atom is -0.480 e. The number of rotatable bonds is 3. The molecule has 0 radical (unpaired) electrons. The molecule has 1 aromatic rings. The van der Waals surface area contributed by atoms with Gasteiger partial charge in [-0.05, 0) is 17.7 Å². The fourth-order valence-corrected chi connectivity index (χ4v) is 2.23. The number of likely N-dealkylation sites (tertiary alicyclic amines) is 1. The third-order valence-electron chi connectivity index (χ3n) is 3.14. The maximum atomic E-state index is 11.1. The molecule has 1 fully saturated rings. The summed E-state index contributed by atoms with van der Waals surface area (Å²) >= 11 is 0. The van der Waals surface area contributed by atoms with Crippen molar-refractivity contribution in [1.29, 1.82) is 5.26 Å². The van der Waals surface area contributed by atoms with Crippen molar-refractivity contribution in [2.24, 2.45) is 0 Å². The van der Waals surface area contributed by atoms with Gasteiger partial charge in [-0.1, -0.05) is 12.1 Å². The normalized spacial score (nSPS) is 23.8. The van der Waals surface area contributed by atoms with Crippen molar-refractivity contribution in [1.82, 2.24) is 4.90 Å². The van der Waals surface area contributed by atoms with Crippen LogP contribution in [-0.2, 0) is 11.3 Å². The zero-order valence-corrected chi connectivity index (χ0v) is 9.78. The van der Waals surface area contributed by atoms with Gasteiger partial charge < -0.3 is 10.2 Å². The molecule has 94 valence electrons. The molecule has 2 rings (SSSR count). The molecule has 1 aliphatic heterocycles. The van der Waals surface area contributed by atoms with E-state index in [1.807, 2.05) is 18.2 Å². The highest BCUT2D eigenvalue weighted by atomic mass is 16.4. The Morgan fingerprint density at radius 3 is 2.67 bits per heavy atom. The van der Waals surface area contributed by atoms with Crippen LogP contribution in [0.4, 0.5) is 0 Å². The number of carboxylic acid groups (broad SMARTS) is 1. The van der Waals surface area contributed by atoms with Gasteiger partial charge in [-0.25, -0.2) is 0 Å². The van der Waals surface area contributed by atoms with Crippen molar-refractivity contribution >= 4 is 5.97 Å². The Morgan fingerprint density at radius 1 is 1.44 bits per heavy atom. The van der Waals surface area contributed by atoms with Crippen LogP contribution in [0, 0.1) is 11.3 Å². The maximum Gasteiger partial charge on any atom is 0.321 e. The van der Waals surface area contributed by atoms with Gasteiger partial charge >= 0.3 is 5.97 Å². The Labute approximate surface area is 105 Å². The van der Waals surface area contributed by atoms with Crippen LogP contribution in [0.5, 0.6) is 0 Å². The van der Waals surface area contributed by atoms with Crippen LogP contribution < -0.4 is 0 Å². The van der Waals surface area contributed by atoms with Crippen molar-refractivity contribution in [2.45, 2.75) is 25.1 Å². The van der Waals surface area contributed by atoms with Gasteiger partial charge in [-0.2, -0.15) is 5.26 Å². The molecule has 2 N–H and O–H groups in total. The van der Waals surface area contributed by atoms with E-state index >= 15 is 0 Å². The first-order valence-electron chi connectivity index (χ1n) is 5.74. The van der Waals surface area contributed by atoms with E-state index in [2.05, 4.69) is 0 Å². The fraction of sp³-hybridized carbons (Fsp3) is 0.385. The van der Waals surface area contributed by atoms with E-state index in [1.54, 1.807) is 17.0 Å². The number of aliphatic hydroxyl groups is 1. The summed E-state index contributed by atoms with van der Waals surface area (Å²) in [5.74, 6) is -0.903. The number of benzene rings is 1. The Kier molecular flexibility index (Phi) is 3.60. The standard InChI is InChI=1S/C13H14N2O3/c14-6-9-1-3-10(4-2-9)7-15-8-11(16)5-12(15)13(17)18/h1-4,11-12,16H,5,7-8H2,(H,17,18). The lowest BCUT2D eigenvalue weighted by atomic mass is 10.1. The summed E-state index contributed by atoms with van der Waals surface area (Å²) in [6, 6.07) is 8.43. The summed E-state index contributed by atoms with van der Waals surface area (Å²) in [6.45, 7) is 0.844. The monoisotopic (exact) mass is 246 g/mol. The van der Waals surface area contributed by atoms with Gasteiger partial charge in [0.1, 0.15) is 6.04 Å². The van der Waals surface area contributed by atoms with Gasteiger partial charge in [-0.3, -0.25) is 9.69 Å². The number of aliphatic carboxylic acids is 1. The summed E-state index contributed by atoms with van der Waals surface area (Å²) < 4.78 is 0. The van der Waals surface area contributed by atoms with E-state index in [0.29, 0.717) is 18.7 Å². The predicted octanol–water partition coefficient (Wildman–Crippen LogP) is 0.578. The molecule has 5 heteroatoms. The summed E-state index contributed by atoms with van der Waals surface area (Å²) in [6.07, 6.45) is -0.310. The van der Waals surface area contributed by atoms with E-state index in [9.17, 15) is 9.90 Å². The third kappa shape index (κ3) is 2.67. The second kappa shape index (κ2) is 5.17. The SMILES string of the molecule is N#Cc1ccc(CN2CC(O)CC2C(=O)O)cc1. The van der Waals surface area contributed by atoms with Crippen LogP contribution in [0.25, 0.3) is 0 Å². The van der Waals surface area contributed by atoms with E-state index in [-0.39, 0.29) is 6.42 Å². The minimum atomic E-state index is -0.903. The van der Waals surface area contributed by atoms with E-state index in [1.165, 1.54) is 0 Å². The molecule has 1 heterocycles. The van der Waals surface area contributed by atoms with Crippen molar-refractivity contribution in [3.63, 3.8) is 0 Å². The van der Waals surface area contributed by atoms with Crippen molar-refractivity contribution in [3.8, 4) is 6.07 Å². The Morgan fingerprint density at radius 2 is 2.11 bits per heavy atom. The third-order valence-corrected chi connectivity index (χ3v) is 3.14. The van der Waals surface area contributed by atoms with Crippen molar-refractivity contribution in [3.05, 3.63) is 35.4 Å². The van der Waals surface area contributed by atoms with Gasteiger partial charge in [-0.15, -0.1) is 0 Å². The molecule has 2 unspecified atom stereocenters. The number of nitriles is 1. The number of carbonyl (C=O) groups is 1. The van der Waals surface area contributed by atoms with E-state index in [0.717, 1.165) is 5.56 Å². The zero-order chi connectivity index (χ0) is 13.1. The van der Waals surface area contributed by atoms with Gasteiger partial charge in [0.15, 0.2) is 0 Å². The van der Waals surface area contributed by atoms with Crippen LogP contribution in [-0.4, -0.2) is 39.8 Å². The molecule has 18 heavy (non-hydrogen) atoms. The maximum absolute atomic E-state index is 11.1. The van der Waals surface area contributed by atoms with Crippen molar-refractivity contribution < 1.29 is 15.0 Å². The van der Waals surface area contributed by atoms with Crippen molar-refractivity contribution in [2.75, 3.05) is 6.54 Å². The second-order valence-corrected chi connectivity index (χ2v) is 4.48. The number of carboxylic acids is 1. The highest BCUT2D eigenvalue weighted by Crippen LogP contribution is 2.20. The number of β-amino-alcohol motifs (C(OH)–C–C–N with tert-alkyl or cyclic N) is 1. The first kappa shape index (κ1) is 12.6. The van der Waals surface area contributed by atoms with Gasteiger partial charge in [0.05, 0.1) is 17.7 Å². The molecule has 0 amide bonds. The van der Waals surface area contributed by atoms with E-state index < -0.39 is 18.1 Å².